The Balaban J connectivity index is -0.000000480. The normalized spacial score (nSPS) is 24.5. The standard InChI is InChI=1S/C9H14O3.3Y/c1-5(2)9-7(11)3-6(10)4-8(9)12;;;/h7-8,11-12H,3-4H2,1-2H3;;;. The molecular formula is C9H14O3Y3. The van der Waals surface area contributed by atoms with Crippen molar-refractivity contribution in [3.63, 3.8) is 0 Å². The van der Waals surface area contributed by atoms with Crippen LogP contribution in [0.15, 0.2) is 11.1 Å². The van der Waals surface area contributed by atoms with Crippen molar-refractivity contribution >= 4 is 5.78 Å². The Kier molecular flexibility index (Phi) is 16.0. The van der Waals surface area contributed by atoms with Gasteiger partial charge in [0.2, 0.25) is 0 Å². The molecule has 3 nitrogen and oxygen atoms in total. The van der Waals surface area contributed by atoms with Crippen molar-refractivity contribution in [2.24, 2.45) is 0 Å². The Hall–Kier alpha value is 2.64. The number of hydrogen-bond acceptors (Lipinski definition) is 3. The molecule has 2 atom stereocenters. The van der Waals surface area contributed by atoms with Crippen molar-refractivity contribution in [1.82, 2.24) is 0 Å². The van der Waals surface area contributed by atoms with Gasteiger partial charge in [0.05, 0.1) is 12.2 Å². The van der Waals surface area contributed by atoms with E-state index in [4.69, 9.17) is 0 Å². The molecular weight excluding hydrogens is 423 g/mol. The summed E-state index contributed by atoms with van der Waals surface area (Å²) in [6.45, 7) is 3.66. The molecule has 1 aliphatic carbocycles. The Morgan fingerprint density at radius 3 is 1.67 bits per heavy atom. The van der Waals surface area contributed by atoms with Crippen LogP contribution in [0.1, 0.15) is 26.7 Å². The topological polar surface area (TPSA) is 57.5 Å². The van der Waals surface area contributed by atoms with Crippen molar-refractivity contribution in [3.05, 3.63) is 11.1 Å². The minimum Gasteiger partial charge on any atom is -0.388 e. The van der Waals surface area contributed by atoms with Crippen LogP contribution in [0.5, 0.6) is 0 Å². The molecule has 6 heteroatoms. The Morgan fingerprint density at radius 2 is 1.40 bits per heavy atom. The van der Waals surface area contributed by atoms with Crippen molar-refractivity contribution < 1.29 is 113 Å². The van der Waals surface area contributed by atoms with Crippen LogP contribution in [0, 0.1) is 0 Å². The number of Topliss-reactive ketones (excluding diaryl/α,β-unsaturated/α-hetero) is 1. The quantitative estimate of drug-likeness (QED) is 0.540. The van der Waals surface area contributed by atoms with Gasteiger partial charge in [-0.1, -0.05) is 5.57 Å². The first kappa shape index (κ1) is 22.8. The van der Waals surface area contributed by atoms with E-state index in [0.717, 1.165) is 5.57 Å². The summed E-state index contributed by atoms with van der Waals surface area (Å²) in [7, 11) is 0. The van der Waals surface area contributed by atoms with Gasteiger partial charge in [0.1, 0.15) is 5.78 Å². The molecule has 1 rings (SSSR count). The number of carbonyl (C=O) groups excluding carboxylic acids is 1. The third-order valence-electron chi connectivity index (χ3n) is 2.14. The van der Waals surface area contributed by atoms with Crippen molar-refractivity contribution in [2.45, 2.75) is 38.9 Å². The zero-order valence-electron chi connectivity index (χ0n) is 9.10. The van der Waals surface area contributed by atoms with Gasteiger partial charge in [0.15, 0.2) is 0 Å². The van der Waals surface area contributed by atoms with Gasteiger partial charge in [0, 0.05) is 111 Å². The fourth-order valence-corrected chi connectivity index (χ4v) is 1.62. The molecule has 0 aromatic rings. The van der Waals surface area contributed by atoms with Crippen LogP contribution in [0.4, 0.5) is 0 Å². The predicted octanol–water partition coefficient (Wildman–Crippen LogP) is 0.400. The maximum absolute atomic E-state index is 10.9. The van der Waals surface area contributed by atoms with E-state index in [-0.39, 0.29) is 117 Å². The number of rotatable bonds is 0. The van der Waals surface area contributed by atoms with E-state index in [2.05, 4.69) is 0 Å². The minimum atomic E-state index is -0.772. The van der Waals surface area contributed by atoms with Gasteiger partial charge in [-0.2, -0.15) is 0 Å². The monoisotopic (exact) mass is 437 g/mol. The molecule has 0 heterocycles. The molecule has 77 valence electrons. The largest absolute Gasteiger partial charge is 0.388 e. The predicted molar refractivity (Wildman–Crippen MR) is 44.6 cm³/mol. The summed E-state index contributed by atoms with van der Waals surface area (Å²) in [6, 6.07) is 0. The number of ketones is 1. The number of allylic oxidation sites excluding steroid dienone is 1. The smallest absolute Gasteiger partial charge is 0.138 e. The van der Waals surface area contributed by atoms with Gasteiger partial charge in [-0.05, 0) is 19.4 Å². The second kappa shape index (κ2) is 10.6. The van der Waals surface area contributed by atoms with E-state index < -0.39 is 12.2 Å². The molecule has 0 aliphatic heterocycles. The zero-order valence-corrected chi connectivity index (χ0v) is 17.6. The van der Waals surface area contributed by atoms with E-state index in [1.807, 2.05) is 13.8 Å². The molecule has 0 bridgehead atoms. The average Bonchev–Trinajstić information content (AvgIpc) is 1.82. The third kappa shape index (κ3) is 6.96. The summed E-state index contributed by atoms with van der Waals surface area (Å²) in [6.07, 6.45) is -1.24. The molecule has 1 fully saturated rings. The molecule has 2 N–H and O–H groups in total. The van der Waals surface area contributed by atoms with Crippen LogP contribution in [-0.4, -0.2) is 28.2 Å². The van der Waals surface area contributed by atoms with Gasteiger partial charge >= 0.3 is 0 Å². The van der Waals surface area contributed by atoms with Gasteiger partial charge < -0.3 is 10.2 Å². The van der Waals surface area contributed by atoms with Gasteiger partial charge in [-0.3, -0.25) is 4.79 Å². The van der Waals surface area contributed by atoms with Crippen molar-refractivity contribution in [2.75, 3.05) is 0 Å². The van der Waals surface area contributed by atoms with Crippen LogP contribution >= 0.6 is 0 Å². The first-order valence-corrected chi connectivity index (χ1v) is 4.07. The number of carbonyl (C=O) groups is 1. The summed E-state index contributed by atoms with van der Waals surface area (Å²) in [5, 5.41) is 18.9. The average molecular weight is 437 g/mol. The van der Waals surface area contributed by atoms with Crippen LogP contribution in [0.3, 0.4) is 0 Å². The summed E-state index contributed by atoms with van der Waals surface area (Å²) >= 11 is 0. The van der Waals surface area contributed by atoms with Crippen LogP contribution in [-0.2, 0) is 103 Å². The molecule has 15 heavy (non-hydrogen) atoms. The number of aliphatic hydroxyl groups excluding tert-OH is 2. The molecule has 0 saturated heterocycles. The molecule has 1 aliphatic rings. The van der Waals surface area contributed by atoms with Crippen molar-refractivity contribution in [3.8, 4) is 0 Å². The van der Waals surface area contributed by atoms with E-state index in [0.29, 0.717) is 5.57 Å². The second-order valence-corrected chi connectivity index (χ2v) is 3.43. The molecule has 0 aromatic carbocycles. The van der Waals surface area contributed by atoms with E-state index in [1.54, 1.807) is 0 Å². The SMILES string of the molecule is CC(C)=C1C(O)CC(=O)CC1O.[Y].[Y].[Y]. The number of aliphatic hydroxyl groups is 2. The van der Waals surface area contributed by atoms with Crippen LogP contribution in [0.2, 0.25) is 0 Å². The summed E-state index contributed by atoms with van der Waals surface area (Å²) in [4.78, 5) is 10.9. The molecule has 3 radical (unpaired) electrons. The molecule has 0 aromatic heterocycles. The zero-order chi connectivity index (χ0) is 9.30. The first-order chi connectivity index (χ1) is 5.52. The fraction of sp³-hybridized carbons (Fsp3) is 0.667. The van der Waals surface area contributed by atoms with Crippen molar-refractivity contribution in [1.29, 1.82) is 0 Å². The minimum absolute atomic E-state index is 0. The summed E-state index contributed by atoms with van der Waals surface area (Å²) in [5.41, 5.74) is 1.53. The number of hydrogen-bond donors (Lipinski definition) is 2. The van der Waals surface area contributed by atoms with Crippen LogP contribution < -0.4 is 0 Å². The maximum Gasteiger partial charge on any atom is 0.138 e. The Morgan fingerprint density at radius 1 is 1.07 bits per heavy atom. The van der Waals surface area contributed by atoms with Gasteiger partial charge in [-0.25, -0.2) is 0 Å². The van der Waals surface area contributed by atoms with E-state index >= 15 is 0 Å². The van der Waals surface area contributed by atoms with Crippen LogP contribution in [0.25, 0.3) is 0 Å². The Labute approximate surface area is 166 Å². The van der Waals surface area contributed by atoms with E-state index in [9.17, 15) is 15.0 Å². The van der Waals surface area contributed by atoms with Gasteiger partial charge in [0.25, 0.3) is 0 Å². The van der Waals surface area contributed by atoms with Gasteiger partial charge in [-0.15, -0.1) is 0 Å². The Bertz CT molecular complexity index is 221. The molecule has 1 saturated carbocycles. The fourth-order valence-electron chi connectivity index (χ4n) is 1.62. The third-order valence-corrected chi connectivity index (χ3v) is 2.14. The molecule has 0 spiro atoms. The summed E-state index contributed by atoms with van der Waals surface area (Å²) in [5.74, 6) is -0.0694. The molecule has 0 amide bonds. The maximum atomic E-state index is 10.9. The molecule has 2 unspecified atom stereocenters. The second-order valence-electron chi connectivity index (χ2n) is 3.43. The van der Waals surface area contributed by atoms with E-state index in [1.165, 1.54) is 0 Å². The first-order valence-electron chi connectivity index (χ1n) is 4.07. The summed E-state index contributed by atoms with van der Waals surface area (Å²) < 4.78 is 0.